The lowest BCUT2D eigenvalue weighted by molar-refractivity contribution is -0.216. The maximum absolute atomic E-state index is 13.7. The van der Waals surface area contributed by atoms with E-state index in [0.29, 0.717) is 6.08 Å². The number of aryl methyl sites for hydroxylation is 1. The lowest BCUT2D eigenvalue weighted by Crippen LogP contribution is -2.76. The van der Waals surface area contributed by atoms with Crippen molar-refractivity contribution in [3.63, 3.8) is 0 Å². The zero-order valence-electron chi connectivity index (χ0n) is 22.8. The molecule has 1 fully saturated rings. The van der Waals surface area contributed by atoms with E-state index in [1.165, 1.54) is 19.9 Å². The second kappa shape index (κ2) is 9.83. The highest BCUT2D eigenvalue weighted by Crippen LogP contribution is 2.49. The van der Waals surface area contributed by atoms with Crippen LogP contribution in [0.25, 0.3) is 10.8 Å². The molecule has 7 atom stereocenters. The number of aliphatic hydroxyl groups excluding tert-OH is 3. The van der Waals surface area contributed by atoms with Gasteiger partial charge >= 0.3 is 5.97 Å². The Kier molecular flexibility index (Phi) is 6.92. The summed E-state index contributed by atoms with van der Waals surface area (Å²) in [6.45, 7) is 2.88. The van der Waals surface area contributed by atoms with Crippen LogP contribution in [0, 0.1) is 6.92 Å². The summed E-state index contributed by atoms with van der Waals surface area (Å²) in [7, 11) is 2.13. The largest absolute Gasteiger partial charge is 0.507 e. The summed E-state index contributed by atoms with van der Waals surface area (Å²) in [4.78, 5) is 53.1. The van der Waals surface area contributed by atoms with Crippen molar-refractivity contribution < 1.29 is 68.8 Å². The van der Waals surface area contributed by atoms with Gasteiger partial charge < -0.3 is 49.6 Å². The topological polar surface area (TPSA) is 227 Å². The number of phenols is 1. The van der Waals surface area contributed by atoms with Gasteiger partial charge in [-0.1, -0.05) is 0 Å². The van der Waals surface area contributed by atoms with Crippen molar-refractivity contribution in [2.24, 2.45) is 0 Å². The average molecular weight is 589 g/mol. The van der Waals surface area contributed by atoms with Gasteiger partial charge in [0.25, 0.3) is 0 Å². The van der Waals surface area contributed by atoms with Crippen LogP contribution < -0.4 is 4.74 Å². The number of ketones is 3. The van der Waals surface area contributed by atoms with Gasteiger partial charge in [0.05, 0.1) is 32.0 Å². The van der Waals surface area contributed by atoms with Crippen LogP contribution in [0.4, 0.5) is 0 Å². The summed E-state index contributed by atoms with van der Waals surface area (Å²) >= 11 is 0. The van der Waals surface area contributed by atoms with E-state index in [2.05, 4.69) is 0 Å². The normalized spacial score (nSPS) is 32.6. The van der Waals surface area contributed by atoms with Gasteiger partial charge in [-0.2, -0.15) is 0 Å². The molecule has 2 aliphatic carbocycles. The molecule has 5 rings (SSSR count). The quantitative estimate of drug-likeness (QED) is 0.190. The molecular formula is C28H28O14. The van der Waals surface area contributed by atoms with Gasteiger partial charge in [0.1, 0.15) is 28.9 Å². The first-order valence-corrected chi connectivity index (χ1v) is 12.8. The van der Waals surface area contributed by atoms with E-state index >= 15 is 0 Å². The fourth-order valence-electron chi connectivity index (χ4n) is 5.85. The highest BCUT2D eigenvalue weighted by Gasteiger charge is 2.73. The Bertz CT molecular complexity index is 1580. The molecule has 14 nitrogen and oxygen atoms in total. The molecule has 1 heterocycles. The summed E-state index contributed by atoms with van der Waals surface area (Å²) in [5.41, 5.74) is -8.59. The molecule has 0 saturated carbocycles. The molecule has 3 aliphatic rings. The number of phenolic OH excluding ortho intramolecular Hbond substituents is 1. The highest BCUT2D eigenvalue weighted by atomic mass is 16.7. The van der Waals surface area contributed by atoms with Crippen LogP contribution in [-0.4, -0.2) is 110 Å². The molecule has 0 spiro atoms. The number of rotatable bonds is 4. The van der Waals surface area contributed by atoms with Crippen molar-refractivity contribution in [2.45, 2.75) is 62.2 Å². The third-order valence-corrected chi connectivity index (χ3v) is 8.17. The lowest BCUT2D eigenvalue weighted by Gasteiger charge is -2.47. The van der Waals surface area contributed by atoms with Gasteiger partial charge in [0.15, 0.2) is 6.10 Å². The predicted octanol–water partition coefficient (Wildman–Crippen LogP) is -0.809. The minimum atomic E-state index is -3.51. The summed E-state index contributed by atoms with van der Waals surface area (Å²) in [5, 5.41) is 64.7. The second-order valence-electron chi connectivity index (χ2n) is 10.4. The molecule has 42 heavy (non-hydrogen) atoms. The molecule has 0 amide bonds. The Morgan fingerprint density at radius 2 is 1.74 bits per heavy atom. The fraction of sp³-hybridized carbons (Fsp3) is 0.429. The molecule has 0 unspecified atom stereocenters. The predicted molar refractivity (Wildman–Crippen MR) is 138 cm³/mol. The van der Waals surface area contributed by atoms with Crippen LogP contribution in [-0.2, 0) is 19.0 Å². The lowest BCUT2D eigenvalue weighted by atomic mass is 9.60. The molecule has 0 bridgehead atoms. The first-order valence-electron chi connectivity index (χ1n) is 12.8. The smallest absolute Gasteiger partial charge is 0.341 e. The number of fused-ring (bicyclic) bond motifs is 3. The van der Waals surface area contributed by atoms with Crippen molar-refractivity contribution in [1.29, 1.82) is 0 Å². The van der Waals surface area contributed by atoms with Crippen LogP contribution >= 0.6 is 0 Å². The number of hydrogen-bond donors (Lipinski definition) is 6. The van der Waals surface area contributed by atoms with E-state index in [9.17, 15) is 49.8 Å². The molecule has 1 saturated heterocycles. The van der Waals surface area contributed by atoms with E-state index in [1.807, 2.05) is 0 Å². The number of benzene rings is 2. The van der Waals surface area contributed by atoms with Crippen LogP contribution in [0.5, 0.6) is 11.5 Å². The molecule has 2 aromatic rings. The number of aliphatic hydroxyl groups is 5. The van der Waals surface area contributed by atoms with Crippen molar-refractivity contribution in [2.75, 3.05) is 14.2 Å². The van der Waals surface area contributed by atoms with Crippen LogP contribution in [0.1, 0.15) is 50.0 Å². The minimum absolute atomic E-state index is 0.00346. The summed E-state index contributed by atoms with van der Waals surface area (Å²) in [5.74, 6) is -7.05. The van der Waals surface area contributed by atoms with E-state index in [1.54, 1.807) is 0 Å². The highest BCUT2D eigenvalue weighted by molar-refractivity contribution is 6.35. The summed E-state index contributed by atoms with van der Waals surface area (Å²) in [6, 6.07) is 2.28. The van der Waals surface area contributed by atoms with Crippen molar-refractivity contribution in [3.8, 4) is 11.5 Å². The zero-order valence-corrected chi connectivity index (χ0v) is 22.8. The molecule has 2 aromatic carbocycles. The number of esters is 1. The number of carbonyl (C=O) groups excluding carboxylic acids is 4. The third kappa shape index (κ3) is 3.73. The van der Waals surface area contributed by atoms with Crippen LogP contribution in [0.3, 0.4) is 0 Å². The van der Waals surface area contributed by atoms with Gasteiger partial charge in [-0.3, -0.25) is 14.4 Å². The Morgan fingerprint density at radius 3 is 2.33 bits per heavy atom. The molecule has 1 aliphatic heterocycles. The van der Waals surface area contributed by atoms with Crippen LogP contribution in [0.15, 0.2) is 24.0 Å². The minimum Gasteiger partial charge on any atom is -0.507 e. The van der Waals surface area contributed by atoms with Crippen LogP contribution in [0.2, 0.25) is 0 Å². The summed E-state index contributed by atoms with van der Waals surface area (Å²) < 4.78 is 21.2. The zero-order chi connectivity index (χ0) is 31.0. The maximum atomic E-state index is 13.7. The molecule has 224 valence electrons. The SMILES string of the molecule is COC(=O)c1c(O[C@H]2C[C@@H](O)[C@H](O)[C@@H](C)O2)cc2cc3c(c(O)c2c1C)C(=O)[C@]1(O)C(=O)C=C(OC)[C@@H](O)[C@]1(O)C3=O. The number of ether oxygens (including phenoxy) is 4. The van der Waals surface area contributed by atoms with Gasteiger partial charge in [0.2, 0.25) is 34.8 Å². The molecule has 14 heteroatoms. The Labute approximate surface area is 237 Å². The van der Waals surface area contributed by atoms with Gasteiger partial charge in [0, 0.05) is 23.4 Å². The Hall–Kier alpha value is -3.92. The number of methoxy groups -OCH3 is 2. The van der Waals surface area contributed by atoms with E-state index in [0.717, 1.165) is 20.3 Å². The fourth-order valence-corrected chi connectivity index (χ4v) is 5.85. The van der Waals surface area contributed by atoms with E-state index < -0.39 is 87.9 Å². The number of carbonyl (C=O) groups is 4. The molecule has 0 aromatic heterocycles. The van der Waals surface area contributed by atoms with Crippen molar-refractivity contribution in [1.82, 2.24) is 0 Å². The standard InChI is InChI=1S/C28H28O14/c1-9-18-11(6-14(19(9)26(36)40-4)42-17-7-13(29)21(31)10(2)41-17)5-12-20(22(18)32)25(35)27(37)16(30)8-15(39-3)24(34)28(27,38)23(12)33/h5-6,8,10,13,17,21,24,29,31-32,34,37-38H,7H2,1-4H3/t10-,13-,17+,21-,24-,27-,28-/m1/s1. The molecule has 6 N–H and O–H groups in total. The van der Waals surface area contributed by atoms with Gasteiger partial charge in [-0.15, -0.1) is 0 Å². The first kappa shape index (κ1) is 29.6. The molecule has 0 radical (unpaired) electrons. The van der Waals surface area contributed by atoms with Gasteiger partial charge in [-0.05, 0) is 36.9 Å². The van der Waals surface area contributed by atoms with E-state index in [-0.39, 0.29) is 34.1 Å². The Morgan fingerprint density at radius 1 is 1.07 bits per heavy atom. The van der Waals surface area contributed by atoms with E-state index in [4.69, 9.17) is 18.9 Å². The summed E-state index contributed by atoms with van der Waals surface area (Å²) in [6.07, 6.45) is -6.32. The second-order valence-corrected chi connectivity index (χ2v) is 10.4. The first-order chi connectivity index (χ1) is 19.6. The van der Waals surface area contributed by atoms with Gasteiger partial charge in [-0.25, -0.2) is 4.79 Å². The third-order valence-electron chi connectivity index (χ3n) is 8.17. The maximum Gasteiger partial charge on any atom is 0.341 e. The number of Topliss-reactive ketones (excluding diaryl/α,β-unsaturated/α-hetero) is 2. The van der Waals surface area contributed by atoms with Crippen molar-refractivity contribution in [3.05, 3.63) is 46.2 Å². The number of hydrogen-bond acceptors (Lipinski definition) is 14. The monoisotopic (exact) mass is 588 g/mol. The molecular weight excluding hydrogens is 560 g/mol. The average Bonchev–Trinajstić information content (AvgIpc) is 2.94. The Balaban J connectivity index is 1.74. The number of aromatic hydroxyl groups is 1. The van der Waals surface area contributed by atoms with Crippen molar-refractivity contribution >= 4 is 34.1 Å².